The van der Waals surface area contributed by atoms with Crippen molar-refractivity contribution in [2.75, 3.05) is 18.8 Å². The van der Waals surface area contributed by atoms with Crippen LogP contribution in [0.1, 0.15) is 89.4 Å². The average Bonchev–Trinajstić information content (AvgIpc) is 2.76. The first-order chi connectivity index (χ1) is 15.4. The lowest BCUT2D eigenvalue weighted by atomic mass is 10.1. The highest BCUT2D eigenvalue weighted by molar-refractivity contribution is 7.99. The van der Waals surface area contributed by atoms with Crippen LogP contribution in [0.3, 0.4) is 0 Å². The van der Waals surface area contributed by atoms with E-state index in [1.54, 1.807) is 11.8 Å². The molecule has 0 fully saturated rings. The molecule has 3 N–H and O–H groups in total. The molecule has 0 bridgehead atoms. The first-order valence-corrected chi connectivity index (χ1v) is 13.1. The molecule has 32 heavy (non-hydrogen) atoms. The van der Waals surface area contributed by atoms with Crippen molar-refractivity contribution in [2.24, 2.45) is 5.73 Å². The van der Waals surface area contributed by atoms with Crippen molar-refractivity contribution in [1.82, 2.24) is 5.32 Å². The second kappa shape index (κ2) is 17.7. The minimum atomic E-state index is 0.0290. The third kappa shape index (κ3) is 13.6. The summed E-state index contributed by atoms with van der Waals surface area (Å²) in [6.45, 7) is 10.2. The highest BCUT2D eigenvalue weighted by Gasteiger charge is 2.10. The molecular formula is C28H44N2OS. The molecule has 0 aliphatic rings. The number of thioether (sulfide) groups is 1. The third-order valence-electron chi connectivity index (χ3n) is 5.34. The monoisotopic (exact) mass is 456 g/mol. The zero-order chi connectivity index (χ0) is 23.6. The van der Waals surface area contributed by atoms with Crippen molar-refractivity contribution in [3.05, 3.63) is 64.8 Å². The molecule has 0 aliphatic heterocycles. The molecule has 1 aromatic carbocycles. The maximum atomic E-state index is 12.6. The Hall–Kier alpha value is -1.78. The Balaban J connectivity index is 2.42. The summed E-state index contributed by atoms with van der Waals surface area (Å²) in [7, 11) is 0. The van der Waals surface area contributed by atoms with Crippen molar-refractivity contribution in [1.29, 1.82) is 0 Å². The average molecular weight is 457 g/mol. The van der Waals surface area contributed by atoms with Gasteiger partial charge in [-0.25, -0.2) is 0 Å². The molecule has 0 heterocycles. The number of rotatable bonds is 16. The summed E-state index contributed by atoms with van der Waals surface area (Å²) in [5.74, 6) is 0.916. The SMILES string of the molecule is CC(C)=CCC/C(C)=C/CC/C(C)=C/CSc1ccccc1C(=O)NCCCCCCN. The van der Waals surface area contributed by atoms with Gasteiger partial charge >= 0.3 is 0 Å². The Kier molecular flexibility index (Phi) is 15.7. The molecule has 0 spiro atoms. The van der Waals surface area contributed by atoms with Gasteiger partial charge in [0, 0.05) is 17.2 Å². The molecule has 3 nitrogen and oxygen atoms in total. The number of nitrogens with two attached hydrogens (primary N) is 1. The van der Waals surface area contributed by atoms with Crippen LogP contribution in [0, 0.1) is 0 Å². The molecule has 0 saturated carbocycles. The number of hydrogen-bond acceptors (Lipinski definition) is 3. The van der Waals surface area contributed by atoms with E-state index < -0.39 is 0 Å². The van der Waals surface area contributed by atoms with Gasteiger partial charge in [0.1, 0.15) is 0 Å². The van der Waals surface area contributed by atoms with Crippen LogP contribution in [-0.4, -0.2) is 24.7 Å². The van der Waals surface area contributed by atoms with E-state index in [4.69, 9.17) is 5.73 Å². The largest absolute Gasteiger partial charge is 0.352 e. The van der Waals surface area contributed by atoms with Crippen LogP contribution in [0.4, 0.5) is 0 Å². The van der Waals surface area contributed by atoms with Gasteiger partial charge in [-0.3, -0.25) is 4.79 Å². The van der Waals surface area contributed by atoms with Crippen LogP contribution in [0.25, 0.3) is 0 Å². The zero-order valence-electron chi connectivity index (χ0n) is 20.7. The molecule has 0 saturated heterocycles. The normalized spacial score (nSPS) is 12.0. The molecule has 0 aromatic heterocycles. The molecule has 1 rings (SSSR count). The van der Waals surface area contributed by atoms with Gasteiger partial charge in [0.25, 0.3) is 5.91 Å². The van der Waals surface area contributed by atoms with Crippen molar-refractivity contribution in [3.63, 3.8) is 0 Å². The van der Waals surface area contributed by atoms with Crippen molar-refractivity contribution in [3.8, 4) is 0 Å². The predicted molar refractivity (Wildman–Crippen MR) is 142 cm³/mol. The van der Waals surface area contributed by atoms with E-state index in [0.717, 1.165) is 80.7 Å². The molecule has 1 amide bonds. The standard InChI is InChI=1S/C28H44N2OS/c1-23(2)13-11-14-24(3)15-12-16-25(4)19-22-32-27-18-8-7-17-26(27)28(31)30-21-10-6-5-9-20-29/h7-8,13,15,17-19H,5-6,9-12,14,16,20-22,29H2,1-4H3,(H,30,31)/b24-15+,25-19+. The van der Waals surface area contributed by atoms with Gasteiger partial charge in [-0.15, -0.1) is 11.8 Å². The first-order valence-electron chi connectivity index (χ1n) is 12.1. The topological polar surface area (TPSA) is 55.1 Å². The van der Waals surface area contributed by atoms with Gasteiger partial charge in [-0.1, -0.05) is 59.9 Å². The summed E-state index contributed by atoms with van der Waals surface area (Å²) in [5, 5.41) is 3.07. The lowest BCUT2D eigenvalue weighted by Gasteiger charge is -2.09. The minimum absolute atomic E-state index is 0.0290. The lowest BCUT2D eigenvalue weighted by molar-refractivity contribution is 0.0950. The number of nitrogens with one attached hydrogen (secondary N) is 1. The summed E-state index contributed by atoms with van der Waals surface area (Å²) in [5.41, 5.74) is 10.6. The Bertz CT molecular complexity index is 760. The zero-order valence-corrected chi connectivity index (χ0v) is 21.5. The number of allylic oxidation sites excluding steroid dienone is 5. The molecule has 0 aliphatic carbocycles. The van der Waals surface area contributed by atoms with Gasteiger partial charge in [0.2, 0.25) is 0 Å². The van der Waals surface area contributed by atoms with Crippen LogP contribution >= 0.6 is 11.8 Å². The highest BCUT2D eigenvalue weighted by Crippen LogP contribution is 2.23. The molecule has 0 radical (unpaired) electrons. The Morgan fingerprint density at radius 3 is 2.28 bits per heavy atom. The number of hydrogen-bond donors (Lipinski definition) is 2. The van der Waals surface area contributed by atoms with E-state index in [1.807, 2.05) is 24.3 Å². The maximum Gasteiger partial charge on any atom is 0.252 e. The maximum absolute atomic E-state index is 12.6. The van der Waals surface area contributed by atoms with Crippen molar-refractivity contribution >= 4 is 17.7 Å². The van der Waals surface area contributed by atoms with E-state index in [1.165, 1.54) is 16.7 Å². The van der Waals surface area contributed by atoms with Gasteiger partial charge in [0.15, 0.2) is 0 Å². The minimum Gasteiger partial charge on any atom is -0.352 e. The van der Waals surface area contributed by atoms with Crippen molar-refractivity contribution < 1.29 is 4.79 Å². The van der Waals surface area contributed by atoms with Crippen molar-refractivity contribution in [2.45, 2.75) is 84.0 Å². The number of carbonyl (C=O) groups excluding carboxylic acids is 1. The smallest absolute Gasteiger partial charge is 0.252 e. The quantitative estimate of drug-likeness (QED) is 0.154. The van der Waals surface area contributed by atoms with Gasteiger partial charge in [-0.2, -0.15) is 0 Å². The summed E-state index contributed by atoms with van der Waals surface area (Å²) < 4.78 is 0. The summed E-state index contributed by atoms with van der Waals surface area (Å²) in [6, 6.07) is 7.91. The molecule has 4 heteroatoms. The second-order valence-electron chi connectivity index (χ2n) is 8.73. The summed E-state index contributed by atoms with van der Waals surface area (Å²) in [6.07, 6.45) is 15.8. The molecule has 178 valence electrons. The second-order valence-corrected chi connectivity index (χ2v) is 9.79. The third-order valence-corrected chi connectivity index (χ3v) is 6.34. The molecule has 0 atom stereocenters. The summed E-state index contributed by atoms with van der Waals surface area (Å²) in [4.78, 5) is 13.6. The number of unbranched alkanes of at least 4 members (excludes halogenated alkanes) is 3. The highest BCUT2D eigenvalue weighted by atomic mass is 32.2. The fourth-order valence-electron chi connectivity index (χ4n) is 3.31. The summed E-state index contributed by atoms with van der Waals surface area (Å²) >= 11 is 1.73. The van der Waals surface area contributed by atoms with E-state index in [2.05, 4.69) is 51.2 Å². The van der Waals surface area contributed by atoms with Gasteiger partial charge in [0.05, 0.1) is 5.56 Å². The number of benzene rings is 1. The lowest BCUT2D eigenvalue weighted by Crippen LogP contribution is -2.25. The fraction of sp³-hybridized carbons (Fsp3) is 0.536. The number of amides is 1. The van der Waals surface area contributed by atoms with E-state index in [0.29, 0.717) is 0 Å². The predicted octanol–water partition coefficient (Wildman–Crippen LogP) is 7.45. The fourth-order valence-corrected chi connectivity index (χ4v) is 4.35. The first kappa shape index (κ1) is 28.3. The molecular weight excluding hydrogens is 412 g/mol. The Labute approximate surface area is 201 Å². The Morgan fingerprint density at radius 2 is 1.56 bits per heavy atom. The number of carbonyl (C=O) groups is 1. The van der Waals surface area contributed by atoms with Crippen LogP contribution in [0.2, 0.25) is 0 Å². The van der Waals surface area contributed by atoms with Gasteiger partial charge < -0.3 is 11.1 Å². The van der Waals surface area contributed by atoms with E-state index in [9.17, 15) is 4.79 Å². The Morgan fingerprint density at radius 1 is 0.906 bits per heavy atom. The molecule has 0 unspecified atom stereocenters. The molecule has 1 aromatic rings. The van der Waals surface area contributed by atoms with Crippen LogP contribution in [0.15, 0.2) is 64.1 Å². The van der Waals surface area contributed by atoms with E-state index >= 15 is 0 Å². The van der Waals surface area contributed by atoms with Crippen LogP contribution in [-0.2, 0) is 0 Å². The van der Waals surface area contributed by atoms with Crippen LogP contribution in [0.5, 0.6) is 0 Å². The van der Waals surface area contributed by atoms with Crippen LogP contribution < -0.4 is 11.1 Å². The van der Waals surface area contributed by atoms with E-state index in [-0.39, 0.29) is 5.91 Å². The van der Waals surface area contributed by atoms with Gasteiger partial charge in [-0.05, 0) is 84.9 Å².